The molecule has 2 rings (SSSR count). The van der Waals surface area contributed by atoms with Gasteiger partial charge in [-0.3, -0.25) is 4.79 Å². The second-order valence-corrected chi connectivity index (χ2v) is 5.66. The third-order valence-electron chi connectivity index (χ3n) is 3.84. The Labute approximate surface area is 153 Å². The molecule has 0 aliphatic heterocycles. The molecule has 0 fully saturated rings. The average molecular weight is 357 g/mol. The minimum absolute atomic E-state index is 0.170. The number of nitrogens with one attached hydrogen (secondary N) is 1. The van der Waals surface area contributed by atoms with Crippen molar-refractivity contribution in [1.29, 1.82) is 0 Å². The fraction of sp³-hybridized carbons (Fsp3) is 0.300. The van der Waals surface area contributed by atoms with E-state index in [1.54, 1.807) is 51.5 Å². The molecule has 0 saturated heterocycles. The lowest BCUT2D eigenvalue weighted by atomic mass is 10.1. The van der Waals surface area contributed by atoms with Crippen LogP contribution in [0.4, 0.5) is 5.69 Å². The maximum absolute atomic E-state index is 12.4. The Kier molecular flexibility index (Phi) is 6.60. The highest BCUT2D eigenvalue weighted by molar-refractivity contribution is 5.96. The highest BCUT2D eigenvalue weighted by atomic mass is 16.5. The van der Waals surface area contributed by atoms with Gasteiger partial charge in [-0.25, -0.2) is 4.79 Å². The lowest BCUT2D eigenvalue weighted by Gasteiger charge is -2.12. The summed E-state index contributed by atoms with van der Waals surface area (Å²) in [5.74, 6) is 0.567. The number of anilines is 1. The van der Waals surface area contributed by atoms with Crippen molar-refractivity contribution in [3.8, 4) is 11.5 Å². The Balaban J connectivity index is 2.12. The van der Waals surface area contributed by atoms with Gasteiger partial charge in [-0.1, -0.05) is 12.1 Å². The highest BCUT2D eigenvalue weighted by Crippen LogP contribution is 2.28. The molecular weight excluding hydrogens is 334 g/mol. The Hall–Kier alpha value is -3.02. The van der Waals surface area contributed by atoms with Crippen LogP contribution in [0, 0.1) is 6.92 Å². The van der Waals surface area contributed by atoms with E-state index in [0.29, 0.717) is 29.4 Å². The summed E-state index contributed by atoms with van der Waals surface area (Å²) in [7, 11) is 3.11. The smallest absolute Gasteiger partial charge is 0.338 e. The molecule has 0 bridgehead atoms. The van der Waals surface area contributed by atoms with Crippen molar-refractivity contribution in [1.82, 2.24) is 0 Å². The minimum atomic E-state index is -0.414. The van der Waals surface area contributed by atoms with Gasteiger partial charge in [0.15, 0.2) is 11.5 Å². The Morgan fingerprint density at radius 1 is 1.00 bits per heavy atom. The first-order valence-electron chi connectivity index (χ1n) is 8.27. The monoisotopic (exact) mass is 357 g/mol. The van der Waals surface area contributed by atoms with E-state index < -0.39 is 5.97 Å². The molecule has 0 heterocycles. The minimum Gasteiger partial charge on any atom is -0.493 e. The molecule has 0 atom stereocenters. The number of methoxy groups -OCH3 is 2. The van der Waals surface area contributed by atoms with Gasteiger partial charge < -0.3 is 19.5 Å². The number of amides is 1. The van der Waals surface area contributed by atoms with E-state index in [-0.39, 0.29) is 12.3 Å². The normalized spacial score (nSPS) is 10.2. The first-order chi connectivity index (χ1) is 12.5. The molecule has 0 saturated carbocycles. The zero-order valence-electron chi connectivity index (χ0n) is 15.4. The number of hydrogen-bond acceptors (Lipinski definition) is 5. The van der Waals surface area contributed by atoms with Gasteiger partial charge in [-0.2, -0.15) is 0 Å². The predicted octanol–water partition coefficient (Wildman–Crippen LogP) is 3.37. The Morgan fingerprint density at radius 2 is 1.73 bits per heavy atom. The maximum Gasteiger partial charge on any atom is 0.338 e. The van der Waals surface area contributed by atoms with Gasteiger partial charge in [0, 0.05) is 5.69 Å². The summed E-state index contributed by atoms with van der Waals surface area (Å²) >= 11 is 0. The van der Waals surface area contributed by atoms with Crippen molar-refractivity contribution >= 4 is 17.6 Å². The average Bonchev–Trinajstić information content (AvgIpc) is 2.63. The number of carbonyl (C=O) groups excluding carboxylic acids is 2. The van der Waals surface area contributed by atoms with Crippen LogP contribution in [-0.4, -0.2) is 32.7 Å². The van der Waals surface area contributed by atoms with Crippen molar-refractivity contribution in [2.45, 2.75) is 20.3 Å². The van der Waals surface area contributed by atoms with E-state index in [4.69, 9.17) is 14.2 Å². The molecule has 1 amide bonds. The van der Waals surface area contributed by atoms with Gasteiger partial charge in [0.2, 0.25) is 5.91 Å². The second-order valence-electron chi connectivity index (χ2n) is 5.66. The van der Waals surface area contributed by atoms with Crippen LogP contribution in [-0.2, 0) is 16.0 Å². The van der Waals surface area contributed by atoms with Crippen LogP contribution in [0.15, 0.2) is 36.4 Å². The van der Waals surface area contributed by atoms with Crippen LogP contribution in [0.5, 0.6) is 11.5 Å². The quantitative estimate of drug-likeness (QED) is 0.769. The molecule has 0 aliphatic rings. The molecule has 26 heavy (non-hydrogen) atoms. The standard InChI is InChI=1S/C20H23NO5/c1-5-26-20(23)15-8-6-13(2)16(12-15)21-19(22)11-14-7-9-17(24-3)18(10-14)25-4/h6-10,12H,5,11H2,1-4H3,(H,21,22). The maximum atomic E-state index is 12.4. The molecular formula is C20H23NO5. The molecule has 0 unspecified atom stereocenters. The first kappa shape index (κ1) is 19.3. The van der Waals surface area contributed by atoms with Gasteiger partial charge in [0.05, 0.1) is 32.8 Å². The van der Waals surface area contributed by atoms with Gasteiger partial charge in [0.25, 0.3) is 0 Å². The third kappa shape index (κ3) is 4.75. The summed E-state index contributed by atoms with van der Waals surface area (Å²) in [4.78, 5) is 24.3. The summed E-state index contributed by atoms with van der Waals surface area (Å²) in [6.45, 7) is 3.91. The number of carbonyl (C=O) groups is 2. The van der Waals surface area contributed by atoms with Crippen molar-refractivity contribution in [3.05, 3.63) is 53.1 Å². The van der Waals surface area contributed by atoms with Crippen molar-refractivity contribution in [2.75, 3.05) is 26.1 Å². The van der Waals surface area contributed by atoms with Gasteiger partial charge in [-0.15, -0.1) is 0 Å². The van der Waals surface area contributed by atoms with Gasteiger partial charge >= 0.3 is 5.97 Å². The SMILES string of the molecule is CCOC(=O)c1ccc(C)c(NC(=O)Cc2ccc(OC)c(OC)c2)c1. The van der Waals surface area contributed by atoms with E-state index in [2.05, 4.69) is 5.32 Å². The van der Waals surface area contributed by atoms with E-state index in [1.807, 2.05) is 13.0 Å². The van der Waals surface area contributed by atoms with Crippen molar-refractivity contribution in [2.24, 2.45) is 0 Å². The highest BCUT2D eigenvalue weighted by Gasteiger charge is 2.12. The fourth-order valence-corrected chi connectivity index (χ4v) is 2.47. The van der Waals surface area contributed by atoms with Crippen molar-refractivity contribution < 1.29 is 23.8 Å². The van der Waals surface area contributed by atoms with Crippen LogP contribution in [0.2, 0.25) is 0 Å². The zero-order chi connectivity index (χ0) is 19.1. The van der Waals surface area contributed by atoms with Gasteiger partial charge in [0.1, 0.15) is 0 Å². The van der Waals surface area contributed by atoms with Crippen LogP contribution in [0.25, 0.3) is 0 Å². The molecule has 0 radical (unpaired) electrons. The topological polar surface area (TPSA) is 73.9 Å². The van der Waals surface area contributed by atoms with E-state index in [0.717, 1.165) is 11.1 Å². The molecule has 2 aromatic carbocycles. The number of rotatable bonds is 7. The van der Waals surface area contributed by atoms with E-state index in [9.17, 15) is 9.59 Å². The molecule has 138 valence electrons. The van der Waals surface area contributed by atoms with Crippen LogP contribution in [0.3, 0.4) is 0 Å². The third-order valence-corrected chi connectivity index (χ3v) is 3.84. The van der Waals surface area contributed by atoms with E-state index >= 15 is 0 Å². The number of aryl methyl sites for hydroxylation is 1. The number of hydrogen-bond donors (Lipinski definition) is 1. The molecule has 6 heteroatoms. The molecule has 0 aliphatic carbocycles. The fourth-order valence-electron chi connectivity index (χ4n) is 2.47. The molecule has 0 aromatic heterocycles. The first-order valence-corrected chi connectivity index (χ1v) is 8.27. The predicted molar refractivity (Wildman–Crippen MR) is 99.0 cm³/mol. The van der Waals surface area contributed by atoms with Crippen LogP contribution >= 0.6 is 0 Å². The molecule has 2 aromatic rings. The molecule has 0 spiro atoms. The van der Waals surface area contributed by atoms with Crippen LogP contribution < -0.4 is 14.8 Å². The molecule has 6 nitrogen and oxygen atoms in total. The van der Waals surface area contributed by atoms with E-state index in [1.165, 1.54) is 0 Å². The summed E-state index contributed by atoms with van der Waals surface area (Å²) in [5.41, 5.74) is 2.64. The summed E-state index contributed by atoms with van der Waals surface area (Å²) in [5, 5.41) is 2.84. The lowest BCUT2D eigenvalue weighted by molar-refractivity contribution is -0.115. The summed E-state index contributed by atoms with van der Waals surface area (Å²) in [6.07, 6.45) is 0.170. The summed E-state index contributed by atoms with van der Waals surface area (Å²) in [6, 6.07) is 10.4. The number of ether oxygens (including phenoxy) is 3. The summed E-state index contributed by atoms with van der Waals surface area (Å²) < 4.78 is 15.4. The zero-order valence-corrected chi connectivity index (χ0v) is 15.4. The Bertz CT molecular complexity index is 801. The number of benzene rings is 2. The Morgan fingerprint density at radius 3 is 2.38 bits per heavy atom. The van der Waals surface area contributed by atoms with Crippen LogP contribution in [0.1, 0.15) is 28.4 Å². The van der Waals surface area contributed by atoms with Gasteiger partial charge in [-0.05, 0) is 49.2 Å². The largest absolute Gasteiger partial charge is 0.493 e. The van der Waals surface area contributed by atoms with Crippen molar-refractivity contribution in [3.63, 3.8) is 0 Å². The number of esters is 1. The molecule has 1 N–H and O–H groups in total. The lowest BCUT2D eigenvalue weighted by Crippen LogP contribution is -2.16. The second kappa shape index (κ2) is 8.89.